The lowest BCUT2D eigenvalue weighted by molar-refractivity contribution is 0.0601. The number of rotatable bonds is 5. The summed E-state index contributed by atoms with van der Waals surface area (Å²) in [6.07, 6.45) is 0. The number of hydrogen-bond acceptors (Lipinski definition) is 6. The van der Waals surface area contributed by atoms with Crippen LogP contribution in [0.25, 0.3) is 0 Å². The summed E-state index contributed by atoms with van der Waals surface area (Å²) in [5.74, 6) is 0.579. The average Bonchev–Trinajstić information content (AvgIpc) is 2.65. The number of hydrogen-bond donors (Lipinski definition) is 2. The summed E-state index contributed by atoms with van der Waals surface area (Å²) in [4.78, 5) is 20.7. The Morgan fingerprint density at radius 3 is 2.46 bits per heavy atom. The van der Waals surface area contributed by atoms with Gasteiger partial charge in [0.2, 0.25) is 5.95 Å². The van der Waals surface area contributed by atoms with Gasteiger partial charge >= 0.3 is 5.97 Å². The Kier molecular flexibility index (Phi) is 5.80. The molecule has 0 aliphatic rings. The quantitative estimate of drug-likeness (QED) is 0.568. The van der Waals surface area contributed by atoms with Crippen molar-refractivity contribution in [3.05, 3.63) is 69.9 Å². The number of ether oxygens (including phenoxy) is 1. The van der Waals surface area contributed by atoms with E-state index < -0.39 is 5.97 Å². The molecule has 0 saturated carbocycles. The smallest absolute Gasteiger partial charge is 0.337 e. The molecule has 144 valence electrons. The number of halogens is 1. The molecule has 1 aromatic heterocycles. The number of aromatic nitrogens is 2. The number of benzene rings is 2. The Bertz CT molecular complexity index is 1040. The zero-order chi connectivity index (χ0) is 20.3. The topological polar surface area (TPSA) is 76.1 Å². The minimum absolute atomic E-state index is 0.371. The van der Waals surface area contributed by atoms with Crippen molar-refractivity contribution in [2.45, 2.75) is 20.8 Å². The third kappa shape index (κ3) is 4.58. The van der Waals surface area contributed by atoms with E-state index in [1.807, 2.05) is 19.1 Å². The first-order chi connectivity index (χ1) is 13.4. The van der Waals surface area contributed by atoms with Gasteiger partial charge < -0.3 is 15.4 Å². The number of nitrogens with one attached hydrogen (secondary N) is 2. The van der Waals surface area contributed by atoms with Crippen LogP contribution in [0.3, 0.4) is 0 Å². The molecule has 0 spiro atoms. The molecule has 0 bridgehead atoms. The van der Waals surface area contributed by atoms with Crippen LogP contribution in [-0.2, 0) is 4.74 Å². The molecule has 0 atom stereocenters. The van der Waals surface area contributed by atoms with Crippen molar-refractivity contribution < 1.29 is 9.53 Å². The molecule has 0 aliphatic carbocycles. The third-order valence-electron chi connectivity index (χ3n) is 4.27. The van der Waals surface area contributed by atoms with Crippen LogP contribution in [0.15, 0.2) is 42.5 Å². The van der Waals surface area contributed by atoms with E-state index in [9.17, 15) is 4.79 Å². The lowest BCUT2D eigenvalue weighted by Gasteiger charge is -2.12. The molecule has 2 N–H and O–H groups in total. The largest absolute Gasteiger partial charge is 0.465 e. The van der Waals surface area contributed by atoms with Crippen LogP contribution in [0.2, 0.25) is 5.02 Å². The van der Waals surface area contributed by atoms with Gasteiger partial charge in [-0.25, -0.2) is 9.78 Å². The van der Waals surface area contributed by atoms with Crippen LogP contribution in [0.4, 0.5) is 23.1 Å². The monoisotopic (exact) mass is 396 g/mol. The van der Waals surface area contributed by atoms with E-state index >= 15 is 0 Å². The molecule has 0 aliphatic heterocycles. The van der Waals surface area contributed by atoms with E-state index in [-0.39, 0.29) is 0 Å². The van der Waals surface area contributed by atoms with Crippen LogP contribution in [0.5, 0.6) is 0 Å². The van der Waals surface area contributed by atoms with Crippen LogP contribution >= 0.6 is 11.6 Å². The maximum absolute atomic E-state index is 11.8. The molecule has 0 unspecified atom stereocenters. The van der Waals surface area contributed by atoms with Gasteiger partial charge in [0.05, 0.1) is 23.4 Å². The highest BCUT2D eigenvalue weighted by molar-refractivity contribution is 6.33. The van der Waals surface area contributed by atoms with Gasteiger partial charge in [0.15, 0.2) is 0 Å². The zero-order valence-corrected chi connectivity index (χ0v) is 16.9. The molecule has 0 radical (unpaired) electrons. The highest BCUT2D eigenvalue weighted by atomic mass is 35.5. The molecule has 1 heterocycles. The molecule has 0 saturated heterocycles. The molecule has 0 fully saturated rings. The summed E-state index contributed by atoms with van der Waals surface area (Å²) >= 11 is 6.25. The predicted octanol–water partition coefficient (Wildman–Crippen LogP) is 5.33. The summed E-state index contributed by atoms with van der Waals surface area (Å²) in [6.45, 7) is 6.02. The van der Waals surface area contributed by atoms with E-state index in [4.69, 9.17) is 16.3 Å². The number of nitrogens with zero attached hydrogens (tertiary/aromatic N) is 2. The van der Waals surface area contributed by atoms with Crippen molar-refractivity contribution in [3.63, 3.8) is 0 Å². The molecule has 6 nitrogen and oxygen atoms in total. The fraction of sp³-hybridized carbons (Fsp3) is 0.190. The van der Waals surface area contributed by atoms with Crippen molar-refractivity contribution >= 4 is 40.7 Å². The van der Waals surface area contributed by atoms with Crippen LogP contribution in [0, 0.1) is 20.8 Å². The summed E-state index contributed by atoms with van der Waals surface area (Å²) in [5, 5.41) is 6.82. The third-order valence-corrected chi connectivity index (χ3v) is 4.60. The molecule has 2 aromatic carbocycles. The van der Waals surface area contributed by atoms with E-state index in [2.05, 4.69) is 46.6 Å². The first kappa shape index (κ1) is 19.6. The Labute approximate surface area is 168 Å². The van der Waals surface area contributed by atoms with Gasteiger partial charge in [-0.05, 0) is 62.2 Å². The van der Waals surface area contributed by atoms with Crippen LogP contribution in [-0.4, -0.2) is 23.0 Å². The minimum Gasteiger partial charge on any atom is -0.465 e. The molecule has 0 amide bonds. The lowest BCUT2D eigenvalue weighted by Crippen LogP contribution is -2.05. The minimum atomic E-state index is -0.443. The van der Waals surface area contributed by atoms with Crippen molar-refractivity contribution in [2.24, 2.45) is 0 Å². The molecular formula is C21H21ClN4O2. The number of carbonyl (C=O) groups excluding carboxylic acids is 1. The van der Waals surface area contributed by atoms with Crippen molar-refractivity contribution in [1.82, 2.24) is 9.97 Å². The van der Waals surface area contributed by atoms with Gasteiger partial charge in [-0.1, -0.05) is 17.7 Å². The van der Waals surface area contributed by atoms with E-state index in [0.717, 1.165) is 11.4 Å². The lowest BCUT2D eigenvalue weighted by atomic mass is 10.1. The Morgan fingerprint density at radius 1 is 0.964 bits per heavy atom. The Morgan fingerprint density at radius 2 is 1.75 bits per heavy atom. The van der Waals surface area contributed by atoms with Gasteiger partial charge in [-0.15, -0.1) is 0 Å². The first-order valence-electron chi connectivity index (χ1n) is 8.70. The van der Waals surface area contributed by atoms with E-state index in [0.29, 0.717) is 28.0 Å². The second kappa shape index (κ2) is 8.27. The van der Waals surface area contributed by atoms with Crippen molar-refractivity contribution in [1.29, 1.82) is 0 Å². The van der Waals surface area contributed by atoms with Gasteiger partial charge in [-0.2, -0.15) is 4.98 Å². The molecule has 7 heteroatoms. The van der Waals surface area contributed by atoms with Gasteiger partial charge in [0.1, 0.15) is 5.82 Å². The normalized spacial score (nSPS) is 10.5. The summed E-state index contributed by atoms with van der Waals surface area (Å²) in [7, 11) is 1.33. The Hall–Kier alpha value is -3.12. The van der Waals surface area contributed by atoms with E-state index in [1.54, 1.807) is 18.2 Å². The molecular weight excluding hydrogens is 376 g/mol. The van der Waals surface area contributed by atoms with Crippen molar-refractivity contribution in [3.8, 4) is 0 Å². The number of esters is 1. The standard InChI is InChI=1S/C21H21ClN4O2/c1-12-5-7-16(9-13(12)2)24-19-10-14(3)23-21(26-19)25-18-11-15(20(27)28-4)6-8-17(18)22/h5-11H,1-4H3,(H2,23,24,25,26). The second-order valence-electron chi connectivity index (χ2n) is 6.45. The Balaban J connectivity index is 1.87. The fourth-order valence-electron chi connectivity index (χ4n) is 2.64. The van der Waals surface area contributed by atoms with Gasteiger partial charge in [-0.3, -0.25) is 0 Å². The highest BCUT2D eigenvalue weighted by Crippen LogP contribution is 2.27. The molecule has 3 rings (SSSR count). The maximum Gasteiger partial charge on any atom is 0.337 e. The van der Waals surface area contributed by atoms with Crippen molar-refractivity contribution in [2.75, 3.05) is 17.7 Å². The SMILES string of the molecule is COC(=O)c1ccc(Cl)c(Nc2nc(C)cc(Nc3ccc(C)c(C)c3)n2)c1. The second-order valence-corrected chi connectivity index (χ2v) is 6.86. The van der Waals surface area contributed by atoms with E-state index in [1.165, 1.54) is 18.2 Å². The molecule has 28 heavy (non-hydrogen) atoms. The highest BCUT2D eigenvalue weighted by Gasteiger charge is 2.11. The number of carbonyl (C=O) groups is 1. The fourth-order valence-corrected chi connectivity index (χ4v) is 2.81. The number of methoxy groups -OCH3 is 1. The zero-order valence-electron chi connectivity index (χ0n) is 16.1. The van der Waals surface area contributed by atoms with Crippen LogP contribution in [0.1, 0.15) is 27.2 Å². The molecule has 3 aromatic rings. The van der Waals surface area contributed by atoms with Crippen LogP contribution < -0.4 is 10.6 Å². The average molecular weight is 397 g/mol. The summed E-state index contributed by atoms with van der Waals surface area (Å²) in [5.41, 5.74) is 5.05. The van der Waals surface area contributed by atoms with Gasteiger partial charge in [0, 0.05) is 17.4 Å². The number of anilines is 4. The number of aryl methyl sites for hydroxylation is 3. The first-order valence-corrected chi connectivity index (χ1v) is 9.08. The maximum atomic E-state index is 11.8. The predicted molar refractivity (Wildman–Crippen MR) is 112 cm³/mol. The summed E-state index contributed by atoms with van der Waals surface area (Å²) in [6, 6.07) is 12.8. The summed E-state index contributed by atoms with van der Waals surface area (Å²) < 4.78 is 4.75. The van der Waals surface area contributed by atoms with Gasteiger partial charge in [0.25, 0.3) is 0 Å².